The van der Waals surface area contributed by atoms with Gasteiger partial charge in [0.25, 0.3) is 5.56 Å². The number of H-pyrrole nitrogens is 1. The Balaban J connectivity index is 1.61. The molecule has 0 saturated carbocycles. The van der Waals surface area contributed by atoms with Gasteiger partial charge < -0.3 is 18.9 Å². The van der Waals surface area contributed by atoms with Crippen LogP contribution in [-0.2, 0) is 18.9 Å². The van der Waals surface area contributed by atoms with Crippen molar-refractivity contribution in [3.05, 3.63) is 69.0 Å². The maximum Gasteiger partial charge on any atom is 0.328 e. The number of methoxy groups -OCH3 is 1. The van der Waals surface area contributed by atoms with E-state index in [4.69, 9.17) is 18.9 Å². The third-order valence-corrected chi connectivity index (χ3v) is 4.80. The van der Waals surface area contributed by atoms with Gasteiger partial charge in [0.05, 0.1) is 19.3 Å². The molecule has 1 unspecified atom stereocenters. The first-order valence-electron chi connectivity index (χ1n) is 8.45. The first-order valence-corrected chi connectivity index (χ1v) is 8.45. The van der Waals surface area contributed by atoms with Gasteiger partial charge in [-0.2, -0.15) is 0 Å². The number of hydrogen-bond donors (Lipinski definition) is 1. The number of aromatic amines is 1. The molecule has 1 aromatic heterocycles. The molecule has 1 N–H and O–H groups in total. The lowest BCUT2D eigenvalue weighted by atomic mass is 9.96. The summed E-state index contributed by atoms with van der Waals surface area (Å²) in [4.78, 5) is 25.8. The van der Waals surface area contributed by atoms with E-state index in [1.807, 2.05) is 30.3 Å². The van der Waals surface area contributed by atoms with Crippen LogP contribution in [0.25, 0.3) is 0 Å². The molecule has 138 valence electrons. The van der Waals surface area contributed by atoms with E-state index in [1.165, 1.54) is 16.8 Å². The molecule has 0 radical (unpaired) electrons. The lowest BCUT2D eigenvalue weighted by molar-refractivity contribution is -0.309. The van der Waals surface area contributed by atoms with Crippen molar-refractivity contribution in [3.63, 3.8) is 0 Å². The Morgan fingerprint density at radius 2 is 1.92 bits per heavy atom. The minimum atomic E-state index is -0.523. The largest absolute Gasteiger partial charge is 0.376 e. The van der Waals surface area contributed by atoms with Crippen molar-refractivity contribution in [2.75, 3.05) is 20.3 Å². The predicted molar refractivity (Wildman–Crippen MR) is 90.9 cm³/mol. The number of nitrogens with zero attached hydrogens (tertiary/aromatic N) is 1. The molecule has 5 atom stereocenters. The molecule has 2 aliphatic rings. The van der Waals surface area contributed by atoms with Gasteiger partial charge in [-0.25, -0.2) is 4.79 Å². The molecule has 3 heterocycles. The SMILES string of the molecule is CO[C@@H]1[C@@H]2OC(c3ccccc3)OC[C@H]2OC[C@H]1n1ccc(=O)[nH]c1=O. The summed E-state index contributed by atoms with van der Waals surface area (Å²) >= 11 is 0. The second kappa shape index (κ2) is 7.16. The summed E-state index contributed by atoms with van der Waals surface area (Å²) in [6, 6.07) is 10.5. The molecule has 0 spiro atoms. The monoisotopic (exact) mass is 360 g/mol. The highest BCUT2D eigenvalue weighted by Gasteiger charge is 2.46. The Morgan fingerprint density at radius 3 is 2.65 bits per heavy atom. The number of nitrogens with one attached hydrogen (secondary N) is 1. The summed E-state index contributed by atoms with van der Waals surface area (Å²) < 4.78 is 24.9. The number of rotatable bonds is 3. The highest BCUT2D eigenvalue weighted by Crippen LogP contribution is 2.36. The maximum absolute atomic E-state index is 12.2. The van der Waals surface area contributed by atoms with E-state index in [-0.39, 0.29) is 12.7 Å². The second-order valence-corrected chi connectivity index (χ2v) is 6.33. The predicted octanol–water partition coefficient (Wildman–Crippen LogP) is 0.606. The van der Waals surface area contributed by atoms with Crippen molar-refractivity contribution in [2.45, 2.75) is 30.6 Å². The molecule has 0 aliphatic carbocycles. The van der Waals surface area contributed by atoms with Crippen LogP contribution in [0.4, 0.5) is 0 Å². The van der Waals surface area contributed by atoms with Crippen molar-refractivity contribution in [1.82, 2.24) is 9.55 Å². The van der Waals surface area contributed by atoms with Crippen LogP contribution in [0.2, 0.25) is 0 Å². The number of benzene rings is 1. The molecule has 0 amide bonds. The maximum atomic E-state index is 12.2. The van der Waals surface area contributed by atoms with Crippen LogP contribution >= 0.6 is 0 Å². The highest BCUT2D eigenvalue weighted by molar-refractivity contribution is 5.16. The minimum Gasteiger partial charge on any atom is -0.376 e. The minimum absolute atomic E-state index is 0.258. The standard InChI is InChI=1S/C18H20N2O6/c1-23-15-12(20-8-7-14(21)19-18(20)22)9-24-13-10-25-17(26-16(13)15)11-5-3-2-4-6-11/h2-8,12-13,15-17H,9-10H2,1H3,(H,19,21,22)/t12-,13-,15+,16-,17?/m1/s1. The van der Waals surface area contributed by atoms with E-state index in [1.54, 1.807) is 7.11 Å². The van der Waals surface area contributed by atoms with Crippen LogP contribution in [0.5, 0.6) is 0 Å². The molecule has 8 nitrogen and oxygen atoms in total. The molecule has 2 saturated heterocycles. The van der Waals surface area contributed by atoms with Crippen LogP contribution in [0.1, 0.15) is 17.9 Å². The van der Waals surface area contributed by atoms with Crippen molar-refractivity contribution in [2.24, 2.45) is 0 Å². The third-order valence-electron chi connectivity index (χ3n) is 4.80. The van der Waals surface area contributed by atoms with Crippen molar-refractivity contribution >= 4 is 0 Å². The Bertz CT molecular complexity index is 864. The smallest absolute Gasteiger partial charge is 0.328 e. The van der Waals surface area contributed by atoms with Crippen molar-refractivity contribution in [3.8, 4) is 0 Å². The molecule has 1 aromatic carbocycles. The summed E-state index contributed by atoms with van der Waals surface area (Å²) in [5.74, 6) is 0. The number of hydrogen-bond acceptors (Lipinski definition) is 6. The van der Waals surface area contributed by atoms with Gasteiger partial charge in [-0.15, -0.1) is 0 Å². The summed E-state index contributed by atoms with van der Waals surface area (Å²) in [6.07, 6.45) is -0.182. The molecule has 26 heavy (non-hydrogen) atoms. The highest BCUT2D eigenvalue weighted by atomic mass is 16.7. The van der Waals surface area contributed by atoms with E-state index in [0.717, 1.165) is 5.56 Å². The lowest BCUT2D eigenvalue weighted by Crippen LogP contribution is -2.58. The van der Waals surface area contributed by atoms with Crippen LogP contribution in [-0.4, -0.2) is 48.2 Å². The molecular weight excluding hydrogens is 340 g/mol. The van der Waals surface area contributed by atoms with Crippen LogP contribution < -0.4 is 11.2 Å². The van der Waals surface area contributed by atoms with Gasteiger partial charge in [-0.3, -0.25) is 14.3 Å². The topological polar surface area (TPSA) is 91.8 Å². The molecule has 2 aromatic rings. The van der Waals surface area contributed by atoms with Gasteiger partial charge in [0.1, 0.15) is 18.3 Å². The summed E-state index contributed by atoms with van der Waals surface area (Å²) in [6.45, 7) is 0.631. The summed E-state index contributed by atoms with van der Waals surface area (Å²) in [5.41, 5.74) is -0.0383. The van der Waals surface area contributed by atoms with E-state index in [0.29, 0.717) is 6.61 Å². The van der Waals surface area contributed by atoms with Crippen molar-refractivity contribution in [1.29, 1.82) is 0 Å². The molecule has 2 aliphatic heterocycles. The van der Waals surface area contributed by atoms with Gasteiger partial charge in [0.2, 0.25) is 0 Å². The third kappa shape index (κ3) is 3.12. The summed E-state index contributed by atoms with van der Waals surface area (Å²) in [5, 5.41) is 0. The van der Waals surface area contributed by atoms with E-state index >= 15 is 0 Å². The molecular formula is C18H20N2O6. The van der Waals surface area contributed by atoms with E-state index in [2.05, 4.69) is 4.98 Å². The average molecular weight is 360 g/mol. The van der Waals surface area contributed by atoms with Gasteiger partial charge >= 0.3 is 5.69 Å². The number of fused-ring (bicyclic) bond motifs is 1. The van der Waals surface area contributed by atoms with Gasteiger partial charge in [-0.05, 0) is 0 Å². The first kappa shape index (κ1) is 17.2. The van der Waals surface area contributed by atoms with Gasteiger partial charge in [0, 0.05) is 24.9 Å². The van der Waals surface area contributed by atoms with Crippen LogP contribution in [0, 0.1) is 0 Å². The average Bonchev–Trinajstić information content (AvgIpc) is 2.67. The van der Waals surface area contributed by atoms with Crippen molar-refractivity contribution < 1.29 is 18.9 Å². The molecule has 0 bridgehead atoms. The Hall–Kier alpha value is -2.26. The first-order chi connectivity index (χ1) is 12.7. The normalized spacial score (nSPS) is 31.3. The second-order valence-electron chi connectivity index (χ2n) is 6.33. The van der Waals surface area contributed by atoms with E-state index in [9.17, 15) is 9.59 Å². The summed E-state index contributed by atoms with van der Waals surface area (Å²) in [7, 11) is 1.58. The van der Waals surface area contributed by atoms with E-state index < -0.39 is 35.8 Å². The zero-order valence-electron chi connectivity index (χ0n) is 14.2. The molecule has 2 fully saturated rings. The number of aromatic nitrogens is 2. The number of ether oxygens (including phenoxy) is 4. The van der Waals surface area contributed by atoms with Crippen LogP contribution in [0.3, 0.4) is 0 Å². The fraction of sp³-hybridized carbons (Fsp3) is 0.444. The lowest BCUT2D eigenvalue weighted by Gasteiger charge is -2.46. The Labute approximate surface area is 149 Å². The van der Waals surface area contributed by atoms with Gasteiger partial charge in [-0.1, -0.05) is 30.3 Å². The Morgan fingerprint density at radius 1 is 1.12 bits per heavy atom. The Kier molecular flexibility index (Phi) is 4.73. The quantitative estimate of drug-likeness (QED) is 0.862. The zero-order valence-corrected chi connectivity index (χ0v) is 14.2. The molecule has 4 rings (SSSR count). The fourth-order valence-electron chi connectivity index (χ4n) is 3.52. The van der Waals surface area contributed by atoms with Crippen LogP contribution in [0.15, 0.2) is 52.2 Å². The zero-order chi connectivity index (χ0) is 18.1. The molecule has 8 heteroatoms. The fourth-order valence-corrected chi connectivity index (χ4v) is 3.52. The van der Waals surface area contributed by atoms with Gasteiger partial charge in [0.15, 0.2) is 6.29 Å².